The van der Waals surface area contributed by atoms with Gasteiger partial charge in [0.2, 0.25) is 0 Å². The number of carboxylic acid groups (broad SMARTS) is 2. The molecule has 0 radical (unpaired) electrons. The molecule has 4 N–H and O–H groups in total. The van der Waals surface area contributed by atoms with Gasteiger partial charge in [-0.3, -0.25) is 18.9 Å². The summed E-state index contributed by atoms with van der Waals surface area (Å²) in [6, 6.07) is 52.9. The first-order valence-corrected chi connectivity index (χ1v) is 27.2. The van der Waals surface area contributed by atoms with Gasteiger partial charge in [-0.15, -0.1) is 0 Å². The molecule has 10 rings (SSSR count). The van der Waals surface area contributed by atoms with Gasteiger partial charge < -0.3 is 30.0 Å². The van der Waals surface area contributed by atoms with Gasteiger partial charge in [-0.05, 0) is 142 Å². The number of aromatic nitrogens is 4. The van der Waals surface area contributed by atoms with Crippen LogP contribution in [0.25, 0.3) is 22.1 Å². The molecule has 2 aliphatic heterocycles. The van der Waals surface area contributed by atoms with E-state index in [0.29, 0.717) is 51.7 Å². The predicted molar refractivity (Wildman–Crippen MR) is 301 cm³/mol. The molecule has 0 aliphatic carbocycles. The van der Waals surface area contributed by atoms with Crippen molar-refractivity contribution in [3.8, 4) is 0 Å². The number of piperidine rings is 2. The summed E-state index contributed by atoms with van der Waals surface area (Å²) in [5.74, 6) is -0.252. The Labute approximate surface area is 449 Å². The summed E-state index contributed by atoms with van der Waals surface area (Å²) in [4.78, 5) is 63.6. The summed E-state index contributed by atoms with van der Waals surface area (Å²) in [6.45, 7) is 5.83. The van der Waals surface area contributed by atoms with Gasteiger partial charge in [-0.1, -0.05) is 127 Å². The number of likely N-dealkylation sites (tertiary alicyclic amines) is 2. The van der Waals surface area contributed by atoms with Crippen molar-refractivity contribution in [2.24, 2.45) is 0 Å². The molecule has 2 fully saturated rings. The van der Waals surface area contributed by atoms with Crippen LogP contribution in [0.3, 0.4) is 0 Å². The largest absolute Gasteiger partial charge is 0.465 e. The number of halogens is 1. The number of hydrogen-bond acceptors (Lipinski definition) is 6. The maximum absolute atomic E-state index is 13.4. The summed E-state index contributed by atoms with van der Waals surface area (Å²) < 4.78 is 17.1. The minimum atomic E-state index is -0.910. The Bertz CT molecular complexity index is 3250. The topological polar surface area (TPSA) is 163 Å². The minimum absolute atomic E-state index is 0.0134. The summed E-state index contributed by atoms with van der Waals surface area (Å²) in [7, 11) is 0. The van der Waals surface area contributed by atoms with E-state index in [1.54, 1.807) is 9.47 Å². The van der Waals surface area contributed by atoms with Gasteiger partial charge in [0.1, 0.15) is 5.82 Å². The molecule has 77 heavy (non-hydrogen) atoms. The summed E-state index contributed by atoms with van der Waals surface area (Å²) in [6.07, 6.45) is 6.04. The number of rotatable bonds is 20. The maximum Gasteiger partial charge on any atom is 0.407 e. The maximum atomic E-state index is 13.4. The van der Waals surface area contributed by atoms with Crippen LogP contribution < -0.4 is 11.4 Å². The van der Waals surface area contributed by atoms with E-state index in [2.05, 4.69) is 86.5 Å². The number of fused-ring (bicyclic) bond motifs is 2. The molecule has 8 aromatic rings. The second kappa shape index (κ2) is 26.3. The molecule has 0 bridgehead atoms. The number of nitrogens with one attached hydrogen (secondary N) is 2. The number of hydrogen-bond donors (Lipinski definition) is 4. The van der Waals surface area contributed by atoms with Crippen molar-refractivity contribution in [2.45, 2.75) is 108 Å². The quantitative estimate of drug-likeness (QED) is 0.0586. The highest BCUT2D eigenvalue weighted by molar-refractivity contribution is 5.76. The average molecular weight is 1040 g/mol. The molecule has 2 saturated heterocycles. The van der Waals surface area contributed by atoms with Crippen molar-refractivity contribution in [2.75, 3.05) is 32.7 Å². The fourth-order valence-corrected chi connectivity index (χ4v) is 11.7. The number of H-pyrrole nitrogens is 2. The Balaban J connectivity index is 0.000000188. The van der Waals surface area contributed by atoms with Crippen LogP contribution in [-0.2, 0) is 26.1 Å². The normalized spacial score (nSPS) is 17.7. The molecule has 4 atom stereocenters. The number of carbonyl (C=O) groups is 2. The van der Waals surface area contributed by atoms with Gasteiger partial charge in [-0.25, -0.2) is 23.6 Å². The van der Waals surface area contributed by atoms with Crippen molar-refractivity contribution in [3.63, 3.8) is 0 Å². The minimum Gasteiger partial charge on any atom is -0.465 e. The number of benzene rings is 6. The number of amides is 2. The third-order valence-electron chi connectivity index (χ3n) is 15.5. The molecule has 6 aromatic carbocycles. The highest BCUT2D eigenvalue weighted by Crippen LogP contribution is 2.33. The lowest BCUT2D eigenvalue weighted by Crippen LogP contribution is -2.47. The van der Waals surface area contributed by atoms with Crippen molar-refractivity contribution in [1.82, 2.24) is 38.7 Å². The van der Waals surface area contributed by atoms with Gasteiger partial charge in [-0.2, -0.15) is 0 Å². The SMILES string of the molecule is O=C(O)N1CCC(n2c(=O)[nH]c3ccccc32)C[C@@H]1CCCN(CCCc1ccccc1)Cc1ccccc1.O=C(O)N1CCC(n2c(=O)[nH]c3ccccc32)C[C@@H]1CCCN(Cc1ccccc1)Cc1ccc(F)cc1. The van der Waals surface area contributed by atoms with Crippen LogP contribution in [0.1, 0.15) is 92.1 Å². The van der Waals surface area contributed by atoms with Crippen molar-refractivity contribution in [1.29, 1.82) is 0 Å². The van der Waals surface area contributed by atoms with Gasteiger partial charge in [0.15, 0.2) is 0 Å². The number of imidazole rings is 2. The molecule has 14 nitrogen and oxygen atoms in total. The number of para-hydroxylation sites is 4. The molecule has 402 valence electrons. The summed E-state index contributed by atoms with van der Waals surface area (Å²) in [5, 5.41) is 19.8. The smallest absolute Gasteiger partial charge is 0.407 e. The average Bonchev–Trinajstić information content (AvgIpc) is 4.07. The van der Waals surface area contributed by atoms with Crippen molar-refractivity contribution >= 4 is 34.3 Å². The van der Waals surface area contributed by atoms with Crippen LogP contribution in [-0.4, -0.2) is 106 Å². The molecule has 15 heteroatoms. The molecule has 2 aliphatic rings. The summed E-state index contributed by atoms with van der Waals surface area (Å²) >= 11 is 0. The molecular weight excluding hydrogens is 972 g/mol. The highest BCUT2D eigenvalue weighted by atomic mass is 19.1. The zero-order chi connectivity index (χ0) is 53.5. The Morgan fingerprint density at radius 1 is 0.494 bits per heavy atom. The van der Waals surface area contributed by atoms with E-state index in [1.165, 1.54) is 33.7 Å². The molecule has 0 saturated carbocycles. The van der Waals surface area contributed by atoms with E-state index in [-0.39, 0.29) is 41.4 Å². The first kappa shape index (κ1) is 54.1. The first-order chi connectivity index (χ1) is 37.6. The van der Waals surface area contributed by atoms with E-state index in [9.17, 15) is 33.8 Å². The molecule has 4 heterocycles. The fraction of sp³-hybridized carbons (Fsp3) is 0.355. The van der Waals surface area contributed by atoms with Crippen LogP contribution in [0.2, 0.25) is 0 Å². The molecule has 2 aromatic heterocycles. The van der Waals surface area contributed by atoms with E-state index in [1.807, 2.05) is 89.5 Å². The first-order valence-electron chi connectivity index (χ1n) is 27.2. The molecular formula is C62H71FN8O6. The van der Waals surface area contributed by atoms with E-state index in [0.717, 1.165) is 92.5 Å². The van der Waals surface area contributed by atoms with Crippen molar-refractivity contribution in [3.05, 3.63) is 213 Å². The van der Waals surface area contributed by atoms with Gasteiger partial charge in [0.05, 0.1) is 22.1 Å². The number of aromatic amines is 2. The lowest BCUT2D eigenvalue weighted by atomic mass is 9.93. The van der Waals surface area contributed by atoms with Crippen LogP contribution in [0.5, 0.6) is 0 Å². The Morgan fingerprint density at radius 2 is 0.883 bits per heavy atom. The molecule has 2 amide bonds. The standard InChI is InChI=1S/C32H38N4O3.C30H33FN4O3/c37-31-33-29-17-7-8-18-30(29)36(31)28-19-22-35(32(38)39)27(23-28)16-10-21-34(24-26-13-5-2-6-14-26)20-9-15-25-11-3-1-4-12-25;31-24-14-12-23(13-15-24)21-33(20-22-7-2-1-3-8-22)17-6-9-25-19-26(16-18-34(25)30(37)38)35-28-11-5-4-10-27(28)32-29(35)36/h1-8,11-14,17-18,27-28H,9-10,15-16,19-24H2,(H,33,37)(H,38,39);1-5,7-8,10-15,25-26H,6,9,16-21H2,(H,32,36)(H,37,38)/t27-,28?;25-,26?/m00/s1. The predicted octanol–water partition coefficient (Wildman–Crippen LogP) is 11.6. The second-order valence-corrected chi connectivity index (χ2v) is 20.7. The van der Waals surface area contributed by atoms with Crippen molar-refractivity contribution < 1.29 is 24.2 Å². The number of aryl methyl sites for hydroxylation is 1. The lowest BCUT2D eigenvalue weighted by Gasteiger charge is -2.38. The van der Waals surface area contributed by atoms with Gasteiger partial charge in [0, 0.05) is 56.9 Å². The zero-order valence-electron chi connectivity index (χ0n) is 43.7. The van der Waals surface area contributed by atoms with E-state index < -0.39 is 12.2 Å². The number of nitrogens with zero attached hydrogens (tertiary/aromatic N) is 6. The van der Waals surface area contributed by atoms with Crippen LogP contribution in [0.15, 0.2) is 173 Å². The Morgan fingerprint density at radius 3 is 1.35 bits per heavy atom. The Hall–Kier alpha value is -7.75. The lowest BCUT2D eigenvalue weighted by molar-refractivity contribution is 0.0846. The fourth-order valence-electron chi connectivity index (χ4n) is 11.7. The Kier molecular flexibility index (Phi) is 18.5. The third-order valence-corrected chi connectivity index (χ3v) is 15.5. The molecule has 2 unspecified atom stereocenters. The summed E-state index contributed by atoms with van der Waals surface area (Å²) in [5.41, 5.74) is 7.99. The van der Waals surface area contributed by atoms with Gasteiger partial charge in [0.25, 0.3) is 0 Å². The van der Waals surface area contributed by atoms with Crippen LogP contribution in [0, 0.1) is 5.82 Å². The van der Waals surface area contributed by atoms with Crippen LogP contribution >= 0.6 is 0 Å². The van der Waals surface area contributed by atoms with E-state index in [4.69, 9.17) is 0 Å². The van der Waals surface area contributed by atoms with Gasteiger partial charge >= 0.3 is 23.6 Å². The van der Waals surface area contributed by atoms with E-state index >= 15 is 0 Å². The second-order valence-electron chi connectivity index (χ2n) is 20.7. The molecule has 0 spiro atoms. The highest BCUT2D eigenvalue weighted by Gasteiger charge is 2.35. The zero-order valence-corrected chi connectivity index (χ0v) is 43.7. The monoisotopic (exact) mass is 1040 g/mol. The van der Waals surface area contributed by atoms with Crippen LogP contribution in [0.4, 0.5) is 14.0 Å². The third kappa shape index (κ3) is 14.4.